The first-order chi connectivity index (χ1) is 13.2. The van der Waals surface area contributed by atoms with Crippen LogP contribution in [0.1, 0.15) is 5.56 Å². The Bertz CT molecular complexity index is 990. The van der Waals surface area contributed by atoms with E-state index in [1.54, 1.807) is 0 Å². The zero-order valence-corrected chi connectivity index (χ0v) is 15.5. The Hall–Kier alpha value is -2.52. The summed E-state index contributed by atoms with van der Waals surface area (Å²) < 4.78 is 56.7. The zero-order valence-electron chi connectivity index (χ0n) is 13.9. The second-order valence-electron chi connectivity index (χ2n) is 5.53. The molecule has 0 saturated heterocycles. The van der Waals surface area contributed by atoms with Crippen molar-refractivity contribution in [2.45, 2.75) is 11.4 Å². The van der Waals surface area contributed by atoms with Gasteiger partial charge >= 0.3 is 6.18 Å². The number of hydrogen-bond acceptors (Lipinski definition) is 4. The SMILES string of the molecule is O=C(CSc1ncc(-c2ccc(F)cc2)o1)Nc1cc(C(F)(F)F)ccc1Cl. The molecule has 0 atom stereocenters. The number of carbonyl (C=O) groups is 1. The molecule has 1 amide bonds. The predicted molar refractivity (Wildman–Crippen MR) is 97.7 cm³/mol. The maximum atomic E-state index is 12.9. The van der Waals surface area contributed by atoms with E-state index in [1.807, 2.05) is 0 Å². The molecule has 0 radical (unpaired) electrons. The number of hydrogen-bond donors (Lipinski definition) is 1. The van der Waals surface area contributed by atoms with Crippen LogP contribution in [-0.4, -0.2) is 16.6 Å². The number of amides is 1. The molecule has 3 aromatic rings. The van der Waals surface area contributed by atoms with E-state index in [0.29, 0.717) is 11.3 Å². The third kappa shape index (κ3) is 5.05. The molecule has 0 bridgehead atoms. The molecule has 0 fully saturated rings. The van der Waals surface area contributed by atoms with Gasteiger partial charge in [-0.2, -0.15) is 13.2 Å². The van der Waals surface area contributed by atoms with Gasteiger partial charge in [0, 0.05) is 5.56 Å². The van der Waals surface area contributed by atoms with Gasteiger partial charge in [0.15, 0.2) is 5.76 Å². The van der Waals surface area contributed by atoms with Crippen LogP contribution in [0.25, 0.3) is 11.3 Å². The van der Waals surface area contributed by atoms with Crippen molar-refractivity contribution in [1.82, 2.24) is 4.98 Å². The number of anilines is 1. The number of nitrogens with zero attached hydrogens (tertiary/aromatic N) is 1. The van der Waals surface area contributed by atoms with Crippen molar-refractivity contribution in [2.24, 2.45) is 0 Å². The lowest BCUT2D eigenvalue weighted by molar-refractivity contribution is -0.137. The minimum absolute atomic E-state index is 0.0129. The summed E-state index contributed by atoms with van der Waals surface area (Å²) in [6.07, 6.45) is -3.12. The predicted octanol–water partition coefficient (Wildman–Crippen LogP) is 5.88. The maximum absolute atomic E-state index is 12.9. The summed E-state index contributed by atoms with van der Waals surface area (Å²) in [7, 11) is 0. The molecule has 1 aromatic heterocycles. The van der Waals surface area contributed by atoms with Gasteiger partial charge in [-0.3, -0.25) is 4.79 Å². The zero-order chi connectivity index (χ0) is 20.3. The number of thioether (sulfide) groups is 1. The van der Waals surface area contributed by atoms with Crippen molar-refractivity contribution in [3.05, 3.63) is 65.1 Å². The molecule has 4 nitrogen and oxygen atoms in total. The van der Waals surface area contributed by atoms with Crippen LogP contribution < -0.4 is 5.32 Å². The number of benzene rings is 2. The summed E-state index contributed by atoms with van der Waals surface area (Å²) in [6, 6.07) is 8.25. The van der Waals surface area contributed by atoms with Crippen LogP contribution in [0.5, 0.6) is 0 Å². The second kappa shape index (κ2) is 8.24. The quantitative estimate of drug-likeness (QED) is 0.405. The van der Waals surface area contributed by atoms with Crippen molar-refractivity contribution in [2.75, 3.05) is 11.1 Å². The Morgan fingerprint density at radius 1 is 1.18 bits per heavy atom. The highest BCUT2D eigenvalue weighted by atomic mass is 35.5. The third-order valence-electron chi connectivity index (χ3n) is 3.51. The molecule has 146 valence electrons. The van der Waals surface area contributed by atoms with Gasteiger partial charge in [0.1, 0.15) is 5.82 Å². The molecule has 28 heavy (non-hydrogen) atoms. The average molecular weight is 431 g/mol. The van der Waals surface area contributed by atoms with Crippen LogP contribution in [0.3, 0.4) is 0 Å². The van der Waals surface area contributed by atoms with Crippen LogP contribution in [0.4, 0.5) is 23.2 Å². The second-order valence-corrected chi connectivity index (χ2v) is 6.86. The van der Waals surface area contributed by atoms with Crippen molar-refractivity contribution in [3.63, 3.8) is 0 Å². The number of rotatable bonds is 5. The lowest BCUT2D eigenvalue weighted by atomic mass is 10.2. The van der Waals surface area contributed by atoms with Crippen LogP contribution in [0, 0.1) is 5.82 Å². The highest BCUT2D eigenvalue weighted by molar-refractivity contribution is 7.99. The molecule has 0 unspecified atom stereocenters. The minimum atomic E-state index is -4.55. The first-order valence-corrected chi connectivity index (χ1v) is 9.10. The summed E-state index contributed by atoms with van der Waals surface area (Å²) in [5, 5.41) is 2.51. The summed E-state index contributed by atoms with van der Waals surface area (Å²) >= 11 is 6.80. The summed E-state index contributed by atoms with van der Waals surface area (Å²) in [5.41, 5.74) is -0.445. The van der Waals surface area contributed by atoms with Crippen molar-refractivity contribution in [1.29, 1.82) is 0 Å². The van der Waals surface area contributed by atoms with Crippen LogP contribution >= 0.6 is 23.4 Å². The van der Waals surface area contributed by atoms with E-state index in [2.05, 4.69) is 10.3 Å². The lowest BCUT2D eigenvalue weighted by Crippen LogP contribution is -2.15. The van der Waals surface area contributed by atoms with E-state index < -0.39 is 17.6 Å². The molecule has 0 aliphatic heterocycles. The summed E-state index contributed by atoms with van der Waals surface area (Å²) in [6.45, 7) is 0. The van der Waals surface area contributed by atoms with E-state index in [9.17, 15) is 22.4 Å². The number of halogens is 5. The molecule has 0 spiro atoms. The van der Waals surface area contributed by atoms with E-state index in [4.69, 9.17) is 16.0 Å². The van der Waals surface area contributed by atoms with Gasteiger partial charge < -0.3 is 9.73 Å². The maximum Gasteiger partial charge on any atom is 0.416 e. The van der Waals surface area contributed by atoms with Crippen LogP contribution in [0.15, 0.2) is 58.3 Å². The van der Waals surface area contributed by atoms with Gasteiger partial charge in [-0.15, -0.1) is 0 Å². The van der Waals surface area contributed by atoms with Crippen molar-refractivity contribution < 1.29 is 26.8 Å². The molecular weight excluding hydrogens is 420 g/mol. The van der Waals surface area contributed by atoms with E-state index >= 15 is 0 Å². The van der Waals surface area contributed by atoms with E-state index in [-0.39, 0.29) is 27.5 Å². The van der Waals surface area contributed by atoms with Gasteiger partial charge in [-0.05, 0) is 42.5 Å². The van der Waals surface area contributed by atoms with E-state index in [0.717, 1.165) is 30.0 Å². The fourth-order valence-electron chi connectivity index (χ4n) is 2.18. The minimum Gasteiger partial charge on any atom is -0.431 e. The highest BCUT2D eigenvalue weighted by Gasteiger charge is 2.31. The summed E-state index contributed by atoms with van der Waals surface area (Å²) in [4.78, 5) is 16.0. The molecule has 2 aromatic carbocycles. The van der Waals surface area contributed by atoms with Gasteiger partial charge in [-0.25, -0.2) is 9.37 Å². The Balaban J connectivity index is 1.61. The van der Waals surface area contributed by atoms with Crippen LogP contribution in [-0.2, 0) is 11.0 Å². The Morgan fingerprint density at radius 2 is 1.89 bits per heavy atom. The Labute approximate surface area is 165 Å². The summed E-state index contributed by atoms with van der Waals surface area (Å²) in [5.74, 6) is -0.727. The number of carbonyl (C=O) groups excluding carboxylic acids is 1. The molecule has 3 rings (SSSR count). The van der Waals surface area contributed by atoms with Crippen LogP contribution in [0.2, 0.25) is 5.02 Å². The van der Waals surface area contributed by atoms with Crippen molar-refractivity contribution >= 4 is 35.0 Å². The molecule has 1 heterocycles. The normalized spacial score (nSPS) is 11.5. The fourth-order valence-corrected chi connectivity index (χ4v) is 2.95. The van der Waals surface area contributed by atoms with E-state index in [1.165, 1.54) is 30.5 Å². The number of alkyl halides is 3. The Kier molecular flexibility index (Phi) is 5.95. The number of oxazole rings is 1. The smallest absolute Gasteiger partial charge is 0.416 e. The van der Waals surface area contributed by atoms with Gasteiger partial charge in [0.25, 0.3) is 5.22 Å². The molecular formula is C18H11ClF4N2O2S. The highest BCUT2D eigenvalue weighted by Crippen LogP contribution is 2.34. The first kappa shape index (κ1) is 20.2. The van der Waals surface area contributed by atoms with Gasteiger partial charge in [0.2, 0.25) is 5.91 Å². The number of aromatic nitrogens is 1. The van der Waals surface area contributed by atoms with Gasteiger partial charge in [-0.1, -0.05) is 23.4 Å². The molecule has 0 aliphatic rings. The number of nitrogens with one attached hydrogen (secondary N) is 1. The molecule has 10 heteroatoms. The lowest BCUT2D eigenvalue weighted by Gasteiger charge is -2.11. The molecule has 1 N–H and O–H groups in total. The van der Waals surface area contributed by atoms with Crippen molar-refractivity contribution in [3.8, 4) is 11.3 Å². The Morgan fingerprint density at radius 3 is 2.57 bits per heavy atom. The first-order valence-electron chi connectivity index (χ1n) is 7.73. The largest absolute Gasteiger partial charge is 0.431 e. The van der Waals surface area contributed by atoms with Gasteiger partial charge in [0.05, 0.1) is 28.2 Å². The molecule has 0 aliphatic carbocycles. The fraction of sp³-hybridized carbons (Fsp3) is 0.111. The average Bonchev–Trinajstić information content (AvgIpc) is 3.10. The topological polar surface area (TPSA) is 55.1 Å². The standard InChI is InChI=1S/C18H11ClF4N2O2S/c19-13-6-3-11(18(21,22)23)7-14(13)25-16(26)9-28-17-24-8-15(27-17)10-1-4-12(20)5-2-10/h1-8H,9H2,(H,25,26). The third-order valence-corrected chi connectivity index (χ3v) is 4.68. The molecule has 0 saturated carbocycles. The monoisotopic (exact) mass is 430 g/mol.